The van der Waals surface area contributed by atoms with Gasteiger partial charge in [0.1, 0.15) is 17.9 Å². The number of ether oxygens (including phenoxy) is 3. The zero-order valence-corrected chi connectivity index (χ0v) is 11.8. The highest BCUT2D eigenvalue weighted by Crippen LogP contribution is 2.16. The van der Waals surface area contributed by atoms with E-state index in [1.807, 2.05) is 0 Å². The molecular formula is C15H18O5. The molecular weight excluding hydrogens is 260 g/mol. The second-order valence-corrected chi connectivity index (χ2v) is 3.89. The molecule has 0 heterocycles. The van der Waals surface area contributed by atoms with E-state index in [1.165, 1.54) is 13.2 Å². The van der Waals surface area contributed by atoms with Gasteiger partial charge in [-0.2, -0.15) is 0 Å². The van der Waals surface area contributed by atoms with Crippen molar-refractivity contribution in [1.29, 1.82) is 0 Å². The molecule has 0 aliphatic rings. The molecule has 5 nitrogen and oxygen atoms in total. The fraction of sp³-hybridized carbons (Fsp3) is 0.333. The number of esters is 1. The van der Waals surface area contributed by atoms with Crippen molar-refractivity contribution in [2.24, 2.45) is 0 Å². The van der Waals surface area contributed by atoms with Gasteiger partial charge in [-0.15, -0.1) is 0 Å². The predicted molar refractivity (Wildman–Crippen MR) is 74.5 cm³/mol. The van der Waals surface area contributed by atoms with Crippen LogP contribution in [0.5, 0.6) is 5.75 Å². The highest BCUT2D eigenvalue weighted by molar-refractivity contribution is 6.21. The van der Waals surface area contributed by atoms with Gasteiger partial charge in [-0.25, -0.2) is 4.79 Å². The number of ketones is 1. The van der Waals surface area contributed by atoms with E-state index in [1.54, 1.807) is 38.3 Å². The molecule has 108 valence electrons. The molecule has 1 aromatic rings. The van der Waals surface area contributed by atoms with Gasteiger partial charge in [0.2, 0.25) is 0 Å². The fourth-order valence-corrected chi connectivity index (χ4v) is 1.53. The SMILES string of the molecule is CCOCC(=O)C(=Cc1cccc(OC)c1)C(=O)OC. The second kappa shape index (κ2) is 8.12. The number of carbonyl (C=O) groups is 2. The summed E-state index contributed by atoms with van der Waals surface area (Å²) in [4.78, 5) is 23.6. The maximum atomic E-state index is 11.9. The molecule has 0 aliphatic carbocycles. The number of benzene rings is 1. The first kappa shape index (κ1) is 15.9. The van der Waals surface area contributed by atoms with E-state index in [0.29, 0.717) is 17.9 Å². The normalized spacial score (nSPS) is 11.1. The number of Topliss-reactive ketones (excluding diaryl/α,β-unsaturated/α-hetero) is 1. The Bertz CT molecular complexity index is 505. The smallest absolute Gasteiger partial charge is 0.341 e. The zero-order valence-electron chi connectivity index (χ0n) is 11.8. The van der Waals surface area contributed by atoms with Crippen molar-refractivity contribution in [3.63, 3.8) is 0 Å². The van der Waals surface area contributed by atoms with Gasteiger partial charge in [-0.1, -0.05) is 12.1 Å². The van der Waals surface area contributed by atoms with Crippen LogP contribution >= 0.6 is 0 Å². The van der Waals surface area contributed by atoms with Crippen molar-refractivity contribution in [3.05, 3.63) is 35.4 Å². The van der Waals surface area contributed by atoms with Crippen LogP contribution in [0.1, 0.15) is 12.5 Å². The van der Waals surface area contributed by atoms with Crippen LogP contribution in [0, 0.1) is 0 Å². The Hall–Kier alpha value is -2.14. The van der Waals surface area contributed by atoms with Gasteiger partial charge in [0.15, 0.2) is 5.78 Å². The summed E-state index contributed by atoms with van der Waals surface area (Å²) in [7, 11) is 2.78. The summed E-state index contributed by atoms with van der Waals surface area (Å²) in [6, 6.07) is 7.03. The Morgan fingerprint density at radius 2 is 2.00 bits per heavy atom. The maximum absolute atomic E-state index is 11.9. The molecule has 5 heteroatoms. The van der Waals surface area contributed by atoms with E-state index in [2.05, 4.69) is 4.74 Å². The topological polar surface area (TPSA) is 61.8 Å². The first-order valence-corrected chi connectivity index (χ1v) is 6.17. The Balaban J connectivity index is 3.05. The van der Waals surface area contributed by atoms with Gasteiger partial charge in [-0.3, -0.25) is 4.79 Å². The van der Waals surface area contributed by atoms with E-state index in [0.717, 1.165) is 0 Å². The minimum Gasteiger partial charge on any atom is -0.497 e. The lowest BCUT2D eigenvalue weighted by Crippen LogP contribution is -2.19. The van der Waals surface area contributed by atoms with Crippen molar-refractivity contribution in [1.82, 2.24) is 0 Å². The molecule has 0 saturated heterocycles. The molecule has 1 rings (SSSR count). The van der Waals surface area contributed by atoms with Crippen LogP contribution in [0.2, 0.25) is 0 Å². The molecule has 0 aromatic heterocycles. The van der Waals surface area contributed by atoms with Crippen LogP contribution in [0.3, 0.4) is 0 Å². The van der Waals surface area contributed by atoms with Gasteiger partial charge < -0.3 is 14.2 Å². The summed E-state index contributed by atoms with van der Waals surface area (Å²) in [5.74, 6) is -0.459. The predicted octanol–water partition coefficient (Wildman–Crippen LogP) is 1.86. The number of hydrogen-bond acceptors (Lipinski definition) is 5. The van der Waals surface area contributed by atoms with Crippen molar-refractivity contribution >= 4 is 17.8 Å². The average molecular weight is 278 g/mol. The molecule has 0 amide bonds. The molecule has 0 spiro atoms. The maximum Gasteiger partial charge on any atom is 0.341 e. The minimum absolute atomic E-state index is 0.0470. The summed E-state index contributed by atoms with van der Waals surface area (Å²) in [6.07, 6.45) is 1.47. The first-order chi connectivity index (χ1) is 9.62. The molecule has 0 atom stereocenters. The Morgan fingerprint density at radius 3 is 2.60 bits per heavy atom. The highest BCUT2D eigenvalue weighted by Gasteiger charge is 2.18. The number of carbonyl (C=O) groups excluding carboxylic acids is 2. The lowest BCUT2D eigenvalue weighted by atomic mass is 10.1. The molecule has 0 radical (unpaired) electrons. The third-order valence-corrected chi connectivity index (χ3v) is 2.55. The van der Waals surface area contributed by atoms with E-state index in [4.69, 9.17) is 9.47 Å². The summed E-state index contributed by atoms with van der Waals surface area (Å²) in [5, 5.41) is 0. The highest BCUT2D eigenvalue weighted by atomic mass is 16.5. The second-order valence-electron chi connectivity index (χ2n) is 3.89. The Labute approximate surface area is 118 Å². The number of hydrogen-bond donors (Lipinski definition) is 0. The van der Waals surface area contributed by atoms with Crippen molar-refractivity contribution in [2.75, 3.05) is 27.4 Å². The van der Waals surface area contributed by atoms with Crippen LogP contribution in [0.25, 0.3) is 6.08 Å². The van der Waals surface area contributed by atoms with Crippen LogP contribution in [-0.2, 0) is 19.1 Å². The van der Waals surface area contributed by atoms with Crippen LogP contribution in [-0.4, -0.2) is 39.2 Å². The van der Waals surface area contributed by atoms with Gasteiger partial charge >= 0.3 is 5.97 Å². The quantitative estimate of drug-likeness (QED) is 0.330. The van der Waals surface area contributed by atoms with E-state index < -0.39 is 11.8 Å². The third-order valence-electron chi connectivity index (χ3n) is 2.55. The van der Waals surface area contributed by atoms with Crippen LogP contribution in [0.4, 0.5) is 0 Å². The zero-order chi connectivity index (χ0) is 15.0. The molecule has 20 heavy (non-hydrogen) atoms. The van der Waals surface area contributed by atoms with Gasteiger partial charge in [0.25, 0.3) is 0 Å². The average Bonchev–Trinajstić information content (AvgIpc) is 2.49. The van der Waals surface area contributed by atoms with Crippen molar-refractivity contribution in [3.8, 4) is 5.75 Å². The molecule has 0 N–H and O–H groups in total. The summed E-state index contributed by atoms with van der Waals surface area (Å²) < 4.78 is 14.8. The molecule has 1 aromatic carbocycles. The minimum atomic E-state index is -0.683. The largest absolute Gasteiger partial charge is 0.497 e. The van der Waals surface area contributed by atoms with Crippen LogP contribution in [0.15, 0.2) is 29.8 Å². The lowest BCUT2D eigenvalue weighted by Gasteiger charge is -2.06. The van der Waals surface area contributed by atoms with E-state index in [-0.39, 0.29) is 12.2 Å². The Kier molecular flexibility index (Phi) is 6.46. The molecule has 0 unspecified atom stereocenters. The van der Waals surface area contributed by atoms with Crippen LogP contribution < -0.4 is 4.74 Å². The van der Waals surface area contributed by atoms with E-state index in [9.17, 15) is 9.59 Å². The first-order valence-electron chi connectivity index (χ1n) is 6.17. The van der Waals surface area contributed by atoms with Crippen molar-refractivity contribution < 1.29 is 23.8 Å². The fourth-order valence-electron chi connectivity index (χ4n) is 1.53. The Morgan fingerprint density at radius 1 is 1.25 bits per heavy atom. The van der Waals surface area contributed by atoms with Gasteiger partial charge in [0.05, 0.1) is 14.2 Å². The van der Waals surface area contributed by atoms with Gasteiger partial charge in [0, 0.05) is 6.61 Å². The lowest BCUT2D eigenvalue weighted by molar-refractivity contribution is -0.138. The molecule has 0 aliphatic heterocycles. The summed E-state index contributed by atoms with van der Waals surface area (Å²) >= 11 is 0. The van der Waals surface area contributed by atoms with E-state index >= 15 is 0 Å². The standard InChI is InChI=1S/C15H18O5/c1-4-20-10-14(16)13(15(17)19-3)9-11-6-5-7-12(8-11)18-2/h5-9H,4,10H2,1-3H3. The molecule has 0 saturated carbocycles. The van der Waals surface area contributed by atoms with Crippen molar-refractivity contribution in [2.45, 2.75) is 6.92 Å². The summed E-state index contributed by atoms with van der Waals surface area (Å²) in [6.45, 7) is 2.03. The number of methoxy groups -OCH3 is 2. The third kappa shape index (κ3) is 4.51. The molecule has 0 bridgehead atoms. The summed E-state index contributed by atoms with van der Waals surface area (Å²) in [5.41, 5.74) is 0.629. The molecule has 0 fully saturated rings. The van der Waals surface area contributed by atoms with Gasteiger partial charge in [-0.05, 0) is 30.7 Å². The number of rotatable bonds is 7. The monoisotopic (exact) mass is 278 g/mol.